The van der Waals surface area contributed by atoms with Gasteiger partial charge in [0, 0.05) is 11.8 Å². The van der Waals surface area contributed by atoms with E-state index in [4.69, 9.17) is 0 Å². The number of hydrogen-bond acceptors (Lipinski definition) is 3. The van der Waals surface area contributed by atoms with E-state index >= 15 is 0 Å². The Balaban J connectivity index is 1.30. The summed E-state index contributed by atoms with van der Waals surface area (Å²) in [6, 6.07) is 0.335. The molecule has 138 valence electrons. The van der Waals surface area contributed by atoms with Gasteiger partial charge in [0.05, 0.1) is 11.8 Å². The van der Waals surface area contributed by atoms with Gasteiger partial charge in [-0.05, 0) is 76.0 Å². The Labute approximate surface area is 150 Å². The smallest absolute Gasteiger partial charge is 0.246 e. The molecular formula is C20H31N3O2. The quantitative estimate of drug-likeness (QED) is 0.593. The molecule has 5 saturated carbocycles. The van der Waals surface area contributed by atoms with Gasteiger partial charge in [-0.3, -0.25) is 9.59 Å². The van der Waals surface area contributed by atoms with Crippen molar-refractivity contribution in [3.05, 3.63) is 0 Å². The van der Waals surface area contributed by atoms with Crippen molar-refractivity contribution in [2.75, 3.05) is 0 Å². The van der Waals surface area contributed by atoms with Gasteiger partial charge in [0.25, 0.3) is 0 Å². The van der Waals surface area contributed by atoms with Crippen LogP contribution in [0.1, 0.15) is 77.6 Å². The Bertz CT molecular complexity index is 542. The van der Waals surface area contributed by atoms with Gasteiger partial charge in [0.1, 0.15) is 0 Å². The maximum Gasteiger partial charge on any atom is 0.246 e. The molecule has 5 fully saturated rings. The maximum atomic E-state index is 12.8. The Morgan fingerprint density at radius 2 is 1.56 bits per heavy atom. The largest absolute Gasteiger partial charge is 0.353 e. The summed E-state index contributed by atoms with van der Waals surface area (Å²) in [5, 5.41) is 7.33. The van der Waals surface area contributed by atoms with Crippen molar-refractivity contribution in [3.8, 4) is 0 Å². The van der Waals surface area contributed by atoms with Gasteiger partial charge in [-0.15, -0.1) is 0 Å². The Kier molecular flexibility index (Phi) is 4.59. The lowest BCUT2D eigenvalue weighted by molar-refractivity contribution is -0.146. The number of rotatable bonds is 5. The van der Waals surface area contributed by atoms with Gasteiger partial charge in [-0.2, -0.15) is 5.10 Å². The predicted molar refractivity (Wildman–Crippen MR) is 96.9 cm³/mol. The molecule has 25 heavy (non-hydrogen) atoms. The molecule has 5 aliphatic carbocycles. The van der Waals surface area contributed by atoms with Crippen molar-refractivity contribution in [2.45, 2.75) is 83.6 Å². The van der Waals surface area contributed by atoms with Crippen molar-refractivity contribution in [3.63, 3.8) is 0 Å². The molecule has 0 aliphatic heterocycles. The number of nitrogens with one attached hydrogen (secondary N) is 2. The lowest BCUT2D eigenvalue weighted by Crippen LogP contribution is -2.52. The van der Waals surface area contributed by atoms with E-state index in [1.807, 2.05) is 6.92 Å². The highest BCUT2D eigenvalue weighted by Gasteiger charge is 2.54. The minimum Gasteiger partial charge on any atom is -0.353 e. The summed E-state index contributed by atoms with van der Waals surface area (Å²) in [6.07, 6.45) is 12.0. The van der Waals surface area contributed by atoms with E-state index in [2.05, 4.69) is 15.8 Å². The lowest BCUT2D eigenvalue weighted by atomic mass is 9.49. The van der Waals surface area contributed by atoms with E-state index < -0.39 is 0 Å². The third kappa shape index (κ3) is 3.61. The van der Waals surface area contributed by atoms with Crippen LogP contribution in [0.15, 0.2) is 5.10 Å². The molecule has 0 atom stereocenters. The summed E-state index contributed by atoms with van der Waals surface area (Å²) in [7, 11) is 0. The highest BCUT2D eigenvalue weighted by Crippen LogP contribution is 2.60. The van der Waals surface area contributed by atoms with E-state index in [1.165, 1.54) is 32.1 Å². The van der Waals surface area contributed by atoms with Crippen LogP contribution in [0.5, 0.6) is 0 Å². The maximum absolute atomic E-state index is 12.8. The highest BCUT2D eigenvalue weighted by molar-refractivity contribution is 6.00. The van der Waals surface area contributed by atoms with Gasteiger partial charge in [-0.25, -0.2) is 5.43 Å². The second kappa shape index (κ2) is 6.73. The number of carbonyl (C=O) groups is 2. The summed E-state index contributed by atoms with van der Waals surface area (Å²) in [6.45, 7) is 1.83. The first kappa shape index (κ1) is 17.0. The summed E-state index contributed by atoms with van der Waals surface area (Å²) >= 11 is 0. The van der Waals surface area contributed by atoms with E-state index in [-0.39, 0.29) is 23.7 Å². The Hall–Kier alpha value is -1.39. The fourth-order valence-electron chi connectivity index (χ4n) is 6.27. The minimum atomic E-state index is -0.176. The van der Waals surface area contributed by atoms with Gasteiger partial charge in [0.15, 0.2) is 0 Å². The molecule has 0 aromatic heterocycles. The van der Waals surface area contributed by atoms with Crippen molar-refractivity contribution in [1.29, 1.82) is 0 Å². The van der Waals surface area contributed by atoms with Crippen molar-refractivity contribution < 1.29 is 9.59 Å². The molecule has 5 aliphatic rings. The molecule has 0 unspecified atom stereocenters. The molecule has 0 aromatic rings. The second-order valence-corrected chi connectivity index (χ2v) is 9.21. The molecule has 4 bridgehead atoms. The van der Waals surface area contributed by atoms with Crippen LogP contribution in [-0.2, 0) is 9.59 Å². The molecule has 0 spiro atoms. The average Bonchev–Trinajstić information content (AvgIpc) is 3.04. The SMILES string of the molecule is C/C(CC(=O)NC1CCCC1)=N\NC(=O)C12CC3CC(CC(C3)C1)C2. The third-order valence-electron chi connectivity index (χ3n) is 7.00. The zero-order valence-electron chi connectivity index (χ0n) is 15.4. The summed E-state index contributed by atoms with van der Waals surface area (Å²) in [4.78, 5) is 24.9. The van der Waals surface area contributed by atoms with Crippen molar-refractivity contribution in [2.24, 2.45) is 28.3 Å². The van der Waals surface area contributed by atoms with Gasteiger partial charge in [0.2, 0.25) is 11.8 Å². The molecule has 5 rings (SSSR count). The molecule has 2 amide bonds. The fourth-order valence-corrected chi connectivity index (χ4v) is 6.27. The average molecular weight is 345 g/mol. The van der Waals surface area contributed by atoms with Crippen LogP contribution in [0, 0.1) is 23.2 Å². The first-order valence-corrected chi connectivity index (χ1v) is 10.2. The first-order valence-electron chi connectivity index (χ1n) is 10.2. The summed E-state index contributed by atoms with van der Waals surface area (Å²) in [5.41, 5.74) is 3.32. The molecule has 2 N–H and O–H groups in total. The van der Waals surface area contributed by atoms with E-state index in [0.29, 0.717) is 11.8 Å². The summed E-state index contributed by atoms with van der Waals surface area (Å²) in [5.74, 6) is 2.37. The Morgan fingerprint density at radius 3 is 2.12 bits per heavy atom. The molecule has 0 aromatic carbocycles. The monoisotopic (exact) mass is 345 g/mol. The first-order chi connectivity index (χ1) is 12.0. The van der Waals surface area contributed by atoms with Gasteiger partial charge in [-0.1, -0.05) is 12.8 Å². The standard InChI is InChI=1S/C20H31N3O2/c1-13(6-18(24)21-17-4-2-3-5-17)22-23-19(25)20-10-14-7-15(11-20)9-16(8-14)12-20/h14-17H,2-12H2,1H3,(H,21,24)(H,23,25)/b22-13+. The lowest BCUT2D eigenvalue weighted by Gasteiger charge is -2.55. The summed E-state index contributed by atoms with van der Waals surface area (Å²) < 4.78 is 0. The second-order valence-electron chi connectivity index (χ2n) is 9.21. The number of carbonyl (C=O) groups excluding carboxylic acids is 2. The van der Waals surface area contributed by atoms with Gasteiger partial charge < -0.3 is 5.32 Å². The van der Waals surface area contributed by atoms with Crippen molar-refractivity contribution >= 4 is 17.5 Å². The highest BCUT2D eigenvalue weighted by atomic mass is 16.2. The molecule has 0 saturated heterocycles. The van der Waals surface area contributed by atoms with E-state index in [0.717, 1.165) is 49.9 Å². The van der Waals surface area contributed by atoms with Crippen LogP contribution >= 0.6 is 0 Å². The zero-order chi connectivity index (χ0) is 17.4. The van der Waals surface area contributed by atoms with Crippen LogP contribution in [0.3, 0.4) is 0 Å². The van der Waals surface area contributed by atoms with Crippen LogP contribution in [-0.4, -0.2) is 23.6 Å². The van der Waals surface area contributed by atoms with Crippen molar-refractivity contribution in [1.82, 2.24) is 10.7 Å². The Morgan fingerprint density at radius 1 is 1.00 bits per heavy atom. The number of amides is 2. The van der Waals surface area contributed by atoms with Crippen LogP contribution < -0.4 is 10.7 Å². The van der Waals surface area contributed by atoms with E-state index in [9.17, 15) is 9.59 Å². The third-order valence-corrected chi connectivity index (χ3v) is 7.00. The van der Waals surface area contributed by atoms with Gasteiger partial charge >= 0.3 is 0 Å². The van der Waals surface area contributed by atoms with Crippen LogP contribution in [0.4, 0.5) is 0 Å². The topological polar surface area (TPSA) is 70.6 Å². The normalized spacial score (nSPS) is 37.3. The predicted octanol–water partition coefficient (Wildman–Crippen LogP) is 3.14. The fraction of sp³-hybridized carbons (Fsp3) is 0.850. The minimum absolute atomic E-state index is 0.0252. The number of hydrogen-bond donors (Lipinski definition) is 2. The zero-order valence-corrected chi connectivity index (χ0v) is 15.4. The molecule has 5 heteroatoms. The van der Waals surface area contributed by atoms with Crippen LogP contribution in [0.25, 0.3) is 0 Å². The molecular weight excluding hydrogens is 314 g/mol. The van der Waals surface area contributed by atoms with Crippen LogP contribution in [0.2, 0.25) is 0 Å². The number of hydrazone groups is 1. The number of nitrogens with zero attached hydrogens (tertiary/aromatic N) is 1. The molecule has 0 heterocycles. The molecule has 5 nitrogen and oxygen atoms in total. The van der Waals surface area contributed by atoms with E-state index in [1.54, 1.807) is 0 Å². The molecule has 0 radical (unpaired) electrons.